The Bertz CT molecular complexity index is 755. The first-order chi connectivity index (χ1) is 12.4. The van der Waals surface area contributed by atoms with Gasteiger partial charge in [-0.3, -0.25) is 4.79 Å². The molecule has 2 aromatic rings. The summed E-state index contributed by atoms with van der Waals surface area (Å²) in [4.78, 5) is 24.3. The largest absolute Gasteiger partial charge is 0.484 e. The molecule has 0 saturated carbocycles. The number of rotatable bonds is 8. The number of ether oxygens (including phenoxy) is 2. The van der Waals surface area contributed by atoms with Crippen LogP contribution in [0.15, 0.2) is 48.5 Å². The zero-order valence-corrected chi connectivity index (χ0v) is 15.1. The molecule has 0 heterocycles. The summed E-state index contributed by atoms with van der Waals surface area (Å²) in [5.74, 6) is 0.243. The van der Waals surface area contributed by atoms with Crippen molar-refractivity contribution >= 4 is 17.6 Å². The Balaban J connectivity index is 1.92. The van der Waals surface area contributed by atoms with Crippen LogP contribution in [0.3, 0.4) is 0 Å². The van der Waals surface area contributed by atoms with E-state index in [0.29, 0.717) is 23.1 Å². The summed E-state index contributed by atoms with van der Waals surface area (Å²) < 4.78 is 10.7. The van der Waals surface area contributed by atoms with Gasteiger partial charge in [-0.25, -0.2) is 4.79 Å². The standard InChI is InChI=1S/C20H23NO5/c1-14(2)15-5-4-6-18(11-15)25-12-19(22)21(3)16-7-9-17(10-8-16)26-13-20(23)24/h4-11,14H,12-13H2,1-3H3,(H,23,24). The van der Waals surface area contributed by atoms with Gasteiger partial charge in [-0.05, 0) is 47.9 Å². The maximum absolute atomic E-state index is 12.3. The number of benzene rings is 2. The Morgan fingerprint density at radius 2 is 1.65 bits per heavy atom. The Labute approximate surface area is 153 Å². The second kappa shape index (κ2) is 8.89. The highest BCUT2D eigenvalue weighted by molar-refractivity contribution is 5.93. The maximum Gasteiger partial charge on any atom is 0.341 e. The molecule has 0 radical (unpaired) electrons. The maximum atomic E-state index is 12.3. The summed E-state index contributed by atoms with van der Waals surface area (Å²) in [6.45, 7) is 3.72. The summed E-state index contributed by atoms with van der Waals surface area (Å²) in [7, 11) is 1.66. The van der Waals surface area contributed by atoms with E-state index < -0.39 is 12.6 Å². The molecular weight excluding hydrogens is 334 g/mol. The van der Waals surface area contributed by atoms with Crippen LogP contribution in [-0.4, -0.2) is 37.2 Å². The molecule has 0 spiro atoms. The molecule has 6 nitrogen and oxygen atoms in total. The molecule has 1 N–H and O–H groups in total. The number of aliphatic carboxylic acids is 1. The van der Waals surface area contributed by atoms with Crippen molar-refractivity contribution in [1.82, 2.24) is 0 Å². The van der Waals surface area contributed by atoms with Gasteiger partial charge in [0.05, 0.1) is 0 Å². The fourth-order valence-corrected chi connectivity index (χ4v) is 2.26. The zero-order valence-electron chi connectivity index (χ0n) is 15.1. The lowest BCUT2D eigenvalue weighted by Crippen LogP contribution is -2.31. The quantitative estimate of drug-likeness (QED) is 0.784. The van der Waals surface area contributed by atoms with Gasteiger partial charge >= 0.3 is 5.97 Å². The second-order valence-electron chi connectivity index (χ2n) is 6.14. The number of anilines is 1. The van der Waals surface area contributed by atoms with E-state index in [4.69, 9.17) is 14.6 Å². The Kier molecular flexibility index (Phi) is 6.60. The van der Waals surface area contributed by atoms with Gasteiger partial charge < -0.3 is 19.5 Å². The van der Waals surface area contributed by atoms with E-state index in [1.54, 1.807) is 31.3 Å². The Morgan fingerprint density at radius 1 is 1.00 bits per heavy atom. The molecule has 0 atom stereocenters. The average molecular weight is 357 g/mol. The van der Waals surface area contributed by atoms with Crippen molar-refractivity contribution in [3.8, 4) is 11.5 Å². The normalized spacial score (nSPS) is 10.5. The van der Waals surface area contributed by atoms with Crippen LogP contribution in [-0.2, 0) is 9.59 Å². The van der Waals surface area contributed by atoms with E-state index in [9.17, 15) is 9.59 Å². The van der Waals surface area contributed by atoms with Crippen molar-refractivity contribution in [3.63, 3.8) is 0 Å². The SMILES string of the molecule is CC(C)c1cccc(OCC(=O)N(C)c2ccc(OCC(=O)O)cc2)c1. The van der Waals surface area contributed by atoms with Gasteiger partial charge in [0, 0.05) is 12.7 Å². The van der Waals surface area contributed by atoms with E-state index >= 15 is 0 Å². The average Bonchev–Trinajstić information content (AvgIpc) is 2.64. The summed E-state index contributed by atoms with van der Waals surface area (Å²) in [6.07, 6.45) is 0. The van der Waals surface area contributed by atoms with E-state index in [2.05, 4.69) is 13.8 Å². The molecule has 0 aliphatic carbocycles. The molecule has 0 fully saturated rings. The molecule has 0 aromatic heterocycles. The van der Waals surface area contributed by atoms with E-state index in [-0.39, 0.29) is 12.5 Å². The highest BCUT2D eigenvalue weighted by Crippen LogP contribution is 2.21. The van der Waals surface area contributed by atoms with Crippen molar-refractivity contribution in [3.05, 3.63) is 54.1 Å². The fourth-order valence-electron chi connectivity index (χ4n) is 2.26. The Hall–Kier alpha value is -3.02. The smallest absolute Gasteiger partial charge is 0.341 e. The van der Waals surface area contributed by atoms with Crippen molar-refractivity contribution < 1.29 is 24.2 Å². The molecule has 138 valence electrons. The molecule has 2 aromatic carbocycles. The summed E-state index contributed by atoms with van der Waals surface area (Å²) >= 11 is 0. The molecule has 0 saturated heterocycles. The number of carbonyl (C=O) groups is 2. The lowest BCUT2D eigenvalue weighted by molar-refractivity contribution is -0.139. The number of carboxylic acids is 1. The third-order valence-electron chi connectivity index (χ3n) is 3.85. The van der Waals surface area contributed by atoms with Crippen LogP contribution in [0.2, 0.25) is 0 Å². The van der Waals surface area contributed by atoms with Crippen LogP contribution in [0, 0.1) is 0 Å². The van der Waals surface area contributed by atoms with Crippen LogP contribution in [0.4, 0.5) is 5.69 Å². The molecule has 26 heavy (non-hydrogen) atoms. The summed E-state index contributed by atoms with van der Waals surface area (Å²) in [5, 5.41) is 8.60. The molecule has 0 aliphatic rings. The van der Waals surface area contributed by atoms with Gasteiger partial charge in [-0.2, -0.15) is 0 Å². The van der Waals surface area contributed by atoms with Crippen LogP contribution < -0.4 is 14.4 Å². The molecule has 0 aliphatic heterocycles. The topological polar surface area (TPSA) is 76.1 Å². The van der Waals surface area contributed by atoms with Gasteiger partial charge in [-0.15, -0.1) is 0 Å². The number of carbonyl (C=O) groups excluding carboxylic acids is 1. The second-order valence-corrected chi connectivity index (χ2v) is 6.14. The van der Waals surface area contributed by atoms with Crippen molar-refractivity contribution in [2.24, 2.45) is 0 Å². The number of hydrogen-bond donors (Lipinski definition) is 1. The van der Waals surface area contributed by atoms with Crippen molar-refractivity contribution in [1.29, 1.82) is 0 Å². The van der Waals surface area contributed by atoms with Crippen molar-refractivity contribution in [2.45, 2.75) is 19.8 Å². The fraction of sp³-hybridized carbons (Fsp3) is 0.300. The number of carboxylic acid groups (broad SMARTS) is 1. The first-order valence-corrected chi connectivity index (χ1v) is 8.31. The minimum absolute atomic E-state index is 0.0741. The first-order valence-electron chi connectivity index (χ1n) is 8.31. The minimum Gasteiger partial charge on any atom is -0.484 e. The lowest BCUT2D eigenvalue weighted by Gasteiger charge is -2.18. The van der Waals surface area contributed by atoms with Crippen LogP contribution in [0.1, 0.15) is 25.3 Å². The van der Waals surface area contributed by atoms with Gasteiger partial charge in [0.25, 0.3) is 5.91 Å². The highest BCUT2D eigenvalue weighted by atomic mass is 16.5. The molecule has 2 rings (SSSR count). The van der Waals surface area contributed by atoms with Crippen LogP contribution in [0.5, 0.6) is 11.5 Å². The third-order valence-corrected chi connectivity index (χ3v) is 3.85. The minimum atomic E-state index is -1.04. The first kappa shape index (κ1) is 19.3. The Morgan fingerprint density at radius 3 is 2.27 bits per heavy atom. The van der Waals surface area contributed by atoms with E-state index in [1.807, 2.05) is 24.3 Å². The number of amides is 1. The molecule has 1 amide bonds. The molecule has 0 unspecified atom stereocenters. The third kappa shape index (κ3) is 5.51. The molecule has 0 bridgehead atoms. The monoisotopic (exact) mass is 357 g/mol. The van der Waals surface area contributed by atoms with Gasteiger partial charge in [0.1, 0.15) is 11.5 Å². The van der Waals surface area contributed by atoms with Gasteiger partial charge in [0.15, 0.2) is 13.2 Å². The zero-order chi connectivity index (χ0) is 19.1. The predicted octanol–water partition coefficient (Wildman–Crippen LogP) is 3.32. The van der Waals surface area contributed by atoms with E-state index in [0.717, 1.165) is 5.56 Å². The van der Waals surface area contributed by atoms with Crippen LogP contribution >= 0.6 is 0 Å². The van der Waals surface area contributed by atoms with E-state index in [1.165, 1.54) is 4.90 Å². The lowest BCUT2D eigenvalue weighted by atomic mass is 10.0. The summed E-state index contributed by atoms with van der Waals surface area (Å²) in [6, 6.07) is 14.3. The summed E-state index contributed by atoms with van der Waals surface area (Å²) in [5.41, 5.74) is 1.82. The molecular formula is C20H23NO5. The van der Waals surface area contributed by atoms with Gasteiger partial charge in [-0.1, -0.05) is 26.0 Å². The number of hydrogen-bond acceptors (Lipinski definition) is 4. The van der Waals surface area contributed by atoms with Gasteiger partial charge in [0.2, 0.25) is 0 Å². The number of nitrogens with zero attached hydrogens (tertiary/aromatic N) is 1. The molecule has 6 heteroatoms. The predicted molar refractivity (Wildman–Crippen MR) is 99.0 cm³/mol. The van der Waals surface area contributed by atoms with Crippen molar-refractivity contribution in [2.75, 3.05) is 25.2 Å². The highest BCUT2D eigenvalue weighted by Gasteiger charge is 2.12. The van der Waals surface area contributed by atoms with Crippen LogP contribution in [0.25, 0.3) is 0 Å². The number of likely N-dealkylation sites (N-methyl/N-ethyl adjacent to an activating group) is 1.